The number of hydrogen-bond acceptors (Lipinski definition) is 9. The minimum Gasteiger partial charge on any atom is -0.376 e. The van der Waals surface area contributed by atoms with Crippen LogP contribution in [0.25, 0.3) is 11.4 Å². The molecule has 8 nitrogen and oxygen atoms in total. The van der Waals surface area contributed by atoms with Gasteiger partial charge >= 0.3 is 11.3 Å². The third-order valence-electron chi connectivity index (χ3n) is 4.19. The molecule has 0 atom stereocenters. The Bertz CT molecular complexity index is 1230. The number of thiazole rings is 1. The van der Waals surface area contributed by atoms with E-state index >= 15 is 0 Å². The number of aromatic nitrogens is 3. The highest BCUT2D eigenvalue weighted by Gasteiger charge is 2.35. The second kappa shape index (κ2) is 7.92. The average molecular weight is 452 g/mol. The summed E-state index contributed by atoms with van der Waals surface area (Å²) in [5.74, 6) is -1.01. The van der Waals surface area contributed by atoms with E-state index in [2.05, 4.69) is 30.3 Å². The quantitative estimate of drug-likeness (QED) is 0.310. The Morgan fingerprint density at radius 2 is 1.73 bits per heavy atom. The van der Waals surface area contributed by atoms with Crippen LogP contribution in [0.1, 0.15) is 17.1 Å². The first-order chi connectivity index (χ1) is 14.3. The number of halogens is 3. The summed E-state index contributed by atoms with van der Waals surface area (Å²) in [6.07, 6.45) is 0. The van der Waals surface area contributed by atoms with E-state index in [1.807, 2.05) is 5.38 Å². The van der Waals surface area contributed by atoms with E-state index in [-0.39, 0.29) is 23.7 Å². The lowest BCUT2D eigenvalue weighted by atomic mass is 10.1. The second-order valence-corrected chi connectivity index (χ2v) is 7.41. The van der Waals surface area contributed by atoms with Gasteiger partial charge in [0, 0.05) is 17.5 Å². The standard InChI is InChI=1S/C18H12ClF2N5O3S/c19-18(20,21)17-25-16(26-29-17)10-3-1-9(2-4-10)5-22-12-13(15(28)14(12)27)23-6-11-7-30-8-24-11/h1-4,7-8,22-23H,5-6H2. The van der Waals surface area contributed by atoms with Gasteiger partial charge in [0.05, 0.1) is 17.7 Å². The van der Waals surface area contributed by atoms with Gasteiger partial charge in [-0.25, -0.2) is 4.98 Å². The van der Waals surface area contributed by atoms with Crippen molar-refractivity contribution in [3.8, 4) is 11.4 Å². The maximum atomic E-state index is 13.0. The molecule has 2 aromatic carbocycles. The molecule has 0 aliphatic rings. The van der Waals surface area contributed by atoms with Crippen molar-refractivity contribution in [1.82, 2.24) is 15.1 Å². The molecule has 4 aromatic rings. The summed E-state index contributed by atoms with van der Waals surface area (Å²) in [6, 6.07) is 6.62. The lowest BCUT2D eigenvalue weighted by Gasteiger charge is -2.14. The van der Waals surface area contributed by atoms with Crippen LogP contribution in [0.15, 0.2) is 49.3 Å². The Hall–Kier alpha value is -3.18. The molecule has 0 aliphatic carbocycles. The van der Waals surface area contributed by atoms with Crippen molar-refractivity contribution in [2.45, 2.75) is 18.5 Å². The number of nitrogens with zero attached hydrogens (tertiary/aromatic N) is 3. The lowest BCUT2D eigenvalue weighted by molar-refractivity contribution is 0.0551. The maximum Gasteiger partial charge on any atom is 0.400 e. The SMILES string of the molecule is O=c1c(NCc2ccc(-c3noc(C(F)(F)Cl)n3)cc2)c(NCc2cscn2)c1=O. The zero-order chi connectivity index (χ0) is 21.3. The van der Waals surface area contributed by atoms with Crippen molar-refractivity contribution < 1.29 is 13.3 Å². The number of anilines is 2. The summed E-state index contributed by atoms with van der Waals surface area (Å²) in [7, 11) is 0. The van der Waals surface area contributed by atoms with E-state index in [4.69, 9.17) is 11.6 Å². The van der Waals surface area contributed by atoms with E-state index in [9.17, 15) is 18.4 Å². The number of hydrogen-bond donors (Lipinski definition) is 2. The van der Waals surface area contributed by atoms with Crippen LogP contribution >= 0.6 is 22.9 Å². The van der Waals surface area contributed by atoms with Gasteiger partial charge < -0.3 is 15.2 Å². The predicted octanol–water partition coefficient (Wildman–Crippen LogP) is 3.30. The van der Waals surface area contributed by atoms with Gasteiger partial charge in [0.15, 0.2) is 0 Å². The lowest BCUT2D eigenvalue weighted by Crippen LogP contribution is -2.37. The van der Waals surface area contributed by atoms with Crippen LogP contribution in [0.3, 0.4) is 0 Å². The Kier molecular flexibility index (Phi) is 5.31. The first-order valence-electron chi connectivity index (χ1n) is 8.51. The minimum absolute atomic E-state index is 0.0270. The third-order valence-corrected chi connectivity index (χ3v) is 4.99. The fourth-order valence-corrected chi connectivity index (χ4v) is 3.29. The summed E-state index contributed by atoms with van der Waals surface area (Å²) < 4.78 is 30.4. The van der Waals surface area contributed by atoms with E-state index in [1.54, 1.807) is 29.8 Å². The smallest absolute Gasteiger partial charge is 0.376 e. The van der Waals surface area contributed by atoms with Gasteiger partial charge in [-0.15, -0.1) is 11.3 Å². The molecular weight excluding hydrogens is 440 g/mol. The van der Waals surface area contributed by atoms with E-state index < -0.39 is 22.1 Å². The fraction of sp³-hybridized carbons (Fsp3) is 0.167. The first kappa shape index (κ1) is 20.1. The zero-order valence-electron chi connectivity index (χ0n) is 15.0. The maximum absolute atomic E-state index is 13.0. The van der Waals surface area contributed by atoms with Crippen LogP contribution in [0, 0.1) is 0 Å². The minimum atomic E-state index is -3.74. The summed E-state index contributed by atoms with van der Waals surface area (Å²) in [5, 5.41) is 7.45. The van der Waals surface area contributed by atoms with Gasteiger partial charge in [0.2, 0.25) is 5.82 Å². The van der Waals surface area contributed by atoms with Gasteiger partial charge in [0.25, 0.3) is 10.9 Å². The second-order valence-electron chi connectivity index (χ2n) is 6.21. The third kappa shape index (κ3) is 4.07. The molecule has 30 heavy (non-hydrogen) atoms. The Labute approximate surface area is 176 Å². The highest BCUT2D eigenvalue weighted by atomic mass is 35.5. The van der Waals surface area contributed by atoms with Crippen molar-refractivity contribution in [1.29, 1.82) is 0 Å². The monoisotopic (exact) mass is 451 g/mol. The largest absolute Gasteiger partial charge is 0.400 e. The molecule has 2 heterocycles. The molecule has 2 aromatic heterocycles. The normalized spacial score (nSPS) is 11.7. The van der Waals surface area contributed by atoms with E-state index in [1.165, 1.54) is 11.3 Å². The highest BCUT2D eigenvalue weighted by Crippen LogP contribution is 2.32. The Morgan fingerprint density at radius 1 is 1.07 bits per heavy atom. The summed E-state index contributed by atoms with van der Waals surface area (Å²) in [5.41, 5.74) is 2.96. The molecule has 0 saturated carbocycles. The highest BCUT2D eigenvalue weighted by molar-refractivity contribution is 7.07. The zero-order valence-corrected chi connectivity index (χ0v) is 16.6. The van der Waals surface area contributed by atoms with E-state index in [0.717, 1.165) is 11.3 Å². The molecule has 2 N–H and O–H groups in total. The van der Waals surface area contributed by atoms with Crippen molar-refractivity contribution >= 4 is 34.3 Å². The molecule has 0 saturated heterocycles. The van der Waals surface area contributed by atoms with Crippen LogP contribution in [0.2, 0.25) is 0 Å². The molecule has 0 radical (unpaired) electrons. The van der Waals surface area contributed by atoms with Gasteiger partial charge in [-0.2, -0.15) is 13.8 Å². The number of nitrogens with one attached hydrogen (secondary N) is 2. The summed E-state index contributed by atoms with van der Waals surface area (Å²) >= 11 is 6.29. The van der Waals surface area contributed by atoms with Crippen LogP contribution < -0.4 is 21.5 Å². The molecule has 0 aliphatic heterocycles. The van der Waals surface area contributed by atoms with Gasteiger partial charge in [-0.1, -0.05) is 29.4 Å². The Morgan fingerprint density at radius 3 is 2.30 bits per heavy atom. The van der Waals surface area contributed by atoms with Crippen LogP contribution in [-0.4, -0.2) is 15.1 Å². The average Bonchev–Trinajstić information content (AvgIpc) is 3.42. The first-order valence-corrected chi connectivity index (χ1v) is 9.83. The van der Waals surface area contributed by atoms with Gasteiger partial charge in [-0.05, 0) is 17.2 Å². The molecule has 12 heteroatoms. The summed E-state index contributed by atoms with van der Waals surface area (Å²) in [4.78, 5) is 31.3. The van der Waals surface area contributed by atoms with Crippen LogP contribution in [0.4, 0.5) is 20.2 Å². The predicted molar refractivity (Wildman–Crippen MR) is 108 cm³/mol. The molecular formula is C18H12ClF2N5O3S. The van der Waals surface area contributed by atoms with Crippen molar-refractivity contribution in [3.05, 3.63) is 72.8 Å². The number of alkyl halides is 3. The molecule has 0 amide bonds. The van der Waals surface area contributed by atoms with Gasteiger partial charge in [-0.3, -0.25) is 9.59 Å². The Balaban J connectivity index is 1.40. The van der Waals surface area contributed by atoms with Crippen LogP contribution in [-0.2, 0) is 18.5 Å². The topological polar surface area (TPSA) is 110 Å². The van der Waals surface area contributed by atoms with Crippen molar-refractivity contribution in [2.75, 3.05) is 10.6 Å². The fourth-order valence-electron chi connectivity index (χ4n) is 2.65. The molecule has 0 spiro atoms. The van der Waals surface area contributed by atoms with Crippen LogP contribution in [0.5, 0.6) is 0 Å². The summed E-state index contributed by atoms with van der Waals surface area (Å²) in [6.45, 7) is 0.611. The molecule has 4 rings (SSSR count). The van der Waals surface area contributed by atoms with Crippen molar-refractivity contribution in [2.24, 2.45) is 0 Å². The molecule has 0 bridgehead atoms. The van der Waals surface area contributed by atoms with E-state index in [0.29, 0.717) is 12.1 Å². The molecule has 0 unspecified atom stereocenters. The number of benzene rings is 1. The number of rotatable bonds is 8. The van der Waals surface area contributed by atoms with Gasteiger partial charge in [0.1, 0.15) is 11.4 Å². The van der Waals surface area contributed by atoms with Crippen molar-refractivity contribution in [3.63, 3.8) is 0 Å². The molecule has 0 fully saturated rings. The molecule has 154 valence electrons.